The number of carbonyl (C=O) groups is 1. The number of cyclic esters (lactones) is 1. The molecule has 23 heavy (non-hydrogen) atoms. The summed E-state index contributed by atoms with van der Waals surface area (Å²) in [6.45, 7) is 2.03. The van der Waals surface area contributed by atoms with Crippen molar-refractivity contribution >= 4 is 12.0 Å². The van der Waals surface area contributed by atoms with Crippen molar-refractivity contribution in [1.29, 1.82) is 0 Å². The van der Waals surface area contributed by atoms with E-state index >= 15 is 0 Å². The SMILES string of the molecule is CC[C@H]1C(=O)OC(/C=C/c2ccccc2)=C[C@H]1c1ccccc1. The maximum Gasteiger partial charge on any atom is 0.315 e. The fraction of sp³-hybridized carbons (Fsp3) is 0.190. The monoisotopic (exact) mass is 304 g/mol. The molecule has 0 unspecified atom stereocenters. The predicted octanol–water partition coefficient (Wildman–Crippen LogP) is 4.95. The molecular weight excluding hydrogens is 284 g/mol. The average Bonchev–Trinajstić information content (AvgIpc) is 2.61. The lowest BCUT2D eigenvalue weighted by Gasteiger charge is -2.27. The Morgan fingerprint density at radius 2 is 1.61 bits per heavy atom. The van der Waals surface area contributed by atoms with Crippen molar-refractivity contribution in [3.05, 3.63) is 89.7 Å². The third kappa shape index (κ3) is 3.59. The third-order valence-corrected chi connectivity index (χ3v) is 4.16. The van der Waals surface area contributed by atoms with Crippen LogP contribution in [0.25, 0.3) is 6.08 Å². The molecule has 0 radical (unpaired) electrons. The lowest BCUT2D eigenvalue weighted by molar-refractivity contribution is -0.145. The van der Waals surface area contributed by atoms with Crippen LogP contribution in [0.15, 0.2) is 78.6 Å². The first-order valence-corrected chi connectivity index (χ1v) is 7.99. The van der Waals surface area contributed by atoms with E-state index in [2.05, 4.69) is 18.2 Å². The molecule has 0 N–H and O–H groups in total. The molecule has 0 spiro atoms. The summed E-state index contributed by atoms with van der Waals surface area (Å²) in [6, 6.07) is 20.1. The second-order valence-electron chi connectivity index (χ2n) is 5.69. The van der Waals surface area contributed by atoms with Crippen molar-refractivity contribution in [2.24, 2.45) is 5.92 Å². The van der Waals surface area contributed by atoms with Gasteiger partial charge in [0.05, 0.1) is 5.92 Å². The molecule has 0 aromatic heterocycles. The summed E-state index contributed by atoms with van der Waals surface area (Å²) in [5.41, 5.74) is 2.24. The first-order chi connectivity index (χ1) is 11.3. The van der Waals surface area contributed by atoms with Gasteiger partial charge in [-0.1, -0.05) is 73.7 Å². The minimum atomic E-state index is -0.142. The van der Waals surface area contributed by atoms with E-state index in [4.69, 9.17) is 4.74 Å². The normalized spacial score (nSPS) is 21.1. The molecule has 0 saturated carbocycles. The molecule has 2 aromatic rings. The van der Waals surface area contributed by atoms with Crippen LogP contribution in [-0.4, -0.2) is 5.97 Å². The zero-order chi connectivity index (χ0) is 16.1. The van der Waals surface area contributed by atoms with E-state index < -0.39 is 0 Å². The summed E-state index contributed by atoms with van der Waals surface area (Å²) < 4.78 is 5.50. The number of carbonyl (C=O) groups excluding carboxylic acids is 1. The van der Waals surface area contributed by atoms with Crippen LogP contribution < -0.4 is 0 Å². The Morgan fingerprint density at radius 1 is 0.957 bits per heavy atom. The molecule has 2 heteroatoms. The Morgan fingerprint density at radius 3 is 2.26 bits per heavy atom. The minimum absolute atomic E-state index is 0.0675. The van der Waals surface area contributed by atoms with Gasteiger partial charge in [-0.05, 0) is 29.7 Å². The fourth-order valence-electron chi connectivity index (χ4n) is 2.92. The van der Waals surface area contributed by atoms with Crippen LogP contribution in [0.4, 0.5) is 0 Å². The van der Waals surface area contributed by atoms with Crippen molar-refractivity contribution in [2.75, 3.05) is 0 Å². The summed E-state index contributed by atoms with van der Waals surface area (Å²) in [5, 5.41) is 0. The van der Waals surface area contributed by atoms with Crippen LogP contribution in [0.3, 0.4) is 0 Å². The van der Waals surface area contributed by atoms with Gasteiger partial charge in [-0.15, -0.1) is 0 Å². The van der Waals surface area contributed by atoms with E-state index in [0.717, 1.165) is 17.5 Å². The molecular formula is C21H20O2. The standard InChI is InChI=1S/C21H20O2/c1-2-19-20(17-11-7-4-8-12-17)15-18(23-21(19)22)14-13-16-9-5-3-6-10-16/h3-15,19-20H,2H2,1H3/b14-13+/t19-,20+/m1/s1. The second kappa shape index (κ2) is 7.10. The number of rotatable bonds is 4. The van der Waals surface area contributed by atoms with Crippen molar-refractivity contribution in [2.45, 2.75) is 19.3 Å². The highest BCUT2D eigenvalue weighted by atomic mass is 16.5. The van der Waals surface area contributed by atoms with Crippen LogP contribution >= 0.6 is 0 Å². The van der Waals surface area contributed by atoms with E-state index in [0.29, 0.717) is 5.76 Å². The Bertz CT molecular complexity index is 714. The maximum absolute atomic E-state index is 12.3. The molecule has 0 saturated heterocycles. The molecule has 0 fully saturated rings. The highest BCUT2D eigenvalue weighted by molar-refractivity contribution is 5.77. The summed E-state index contributed by atoms with van der Waals surface area (Å²) in [4.78, 5) is 12.3. The number of allylic oxidation sites excluding steroid dienone is 2. The molecule has 0 amide bonds. The van der Waals surface area contributed by atoms with Crippen LogP contribution in [0.5, 0.6) is 0 Å². The molecule has 1 heterocycles. The molecule has 3 rings (SSSR count). The number of benzene rings is 2. The maximum atomic E-state index is 12.3. The van der Waals surface area contributed by atoms with Gasteiger partial charge < -0.3 is 4.74 Å². The third-order valence-electron chi connectivity index (χ3n) is 4.16. The van der Waals surface area contributed by atoms with E-state index in [9.17, 15) is 4.79 Å². The van der Waals surface area contributed by atoms with Crippen molar-refractivity contribution in [3.63, 3.8) is 0 Å². The van der Waals surface area contributed by atoms with Crippen molar-refractivity contribution in [3.8, 4) is 0 Å². The second-order valence-corrected chi connectivity index (χ2v) is 5.69. The summed E-state index contributed by atoms with van der Waals surface area (Å²) in [6.07, 6.45) is 6.66. The van der Waals surface area contributed by atoms with E-state index in [1.54, 1.807) is 0 Å². The topological polar surface area (TPSA) is 26.3 Å². The molecule has 1 aliphatic heterocycles. The van der Waals surface area contributed by atoms with Crippen molar-refractivity contribution < 1.29 is 9.53 Å². The smallest absolute Gasteiger partial charge is 0.315 e. The Kier molecular flexibility index (Phi) is 4.72. The summed E-state index contributed by atoms with van der Waals surface area (Å²) >= 11 is 0. The van der Waals surface area contributed by atoms with Gasteiger partial charge in [0.25, 0.3) is 0 Å². The first kappa shape index (κ1) is 15.3. The van der Waals surface area contributed by atoms with Gasteiger partial charge in [0, 0.05) is 5.92 Å². The molecule has 1 aliphatic rings. The lowest BCUT2D eigenvalue weighted by Crippen LogP contribution is -2.27. The van der Waals surface area contributed by atoms with Gasteiger partial charge in [-0.25, -0.2) is 0 Å². The molecule has 2 atom stereocenters. The minimum Gasteiger partial charge on any atom is -0.427 e. The first-order valence-electron chi connectivity index (χ1n) is 7.99. The number of hydrogen-bond acceptors (Lipinski definition) is 2. The van der Waals surface area contributed by atoms with Gasteiger partial charge in [0.1, 0.15) is 5.76 Å². The van der Waals surface area contributed by atoms with Crippen LogP contribution in [-0.2, 0) is 9.53 Å². The van der Waals surface area contributed by atoms with Crippen LogP contribution in [0.1, 0.15) is 30.4 Å². The van der Waals surface area contributed by atoms with Gasteiger partial charge in [-0.2, -0.15) is 0 Å². The largest absolute Gasteiger partial charge is 0.427 e. The van der Waals surface area contributed by atoms with Gasteiger partial charge in [0.2, 0.25) is 0 Å². The Labute approximate surface area is 137 Å². The van der Waals surface area contributed by atoms with Gasteiger partial charge in [-0.3, -0.25) is 4.79 Å². The fourth-order valence-corrected chi connectivity index (χ4v) is 2.92. The number of ether oxygens (including phenoxy) is 1. The summed E-state index contributed by atoms with van der Waals surface area (Å²) in [7, 11) is 0. The van der Waals surface area contributed by atoms with E-state index in [1.165, 1.54) is 0 Å². The lowest BCUT2D eigenvalue weighted by atomic mass is 9.82. The highest BCUT2D eigenvalue weighted by Gasteiger charge is 2.32. The van der Waals surface area contributed by atoms with Gasteiger partial charge >= 0.3 is 5.97 Å². The molecule has 116 valence electrons. The highest BCUT2D eigenvalue weighted by Crippen LogP contribution is 2.35. The predicted molar refractivity (Wildman–Crippen MR) is 92.6 cm³/mol. The summed E-state index contributed by atoms with van der Waals surface area (Å²) in [5.74, 6) is 0.429. The quantitative estimate of drug-likeness (QED) is 0.747. The number of hydrogen-bond donors (Lipinski definition) is 0. The Balaban J connectivity index is 1.90. The van der Waals surface area contributed by atoms with Crippen molar-refractivity contribution in [1.82, 2.24) is 0 Å². The van der Waals surface area contributed by atoms with E-state index in [1.807, 2.05) is 67.6 Å². The molecule has 0 bridgehead atoms. The van der Waals surface area contributed by atoms with Crippen LogP contribution in [0.2, 0.25) is 0 Å². The molecule has 0 aliphatic carbocycles. The molecule has 2 aromatic carbocycles. The molecule has 2 nitrogen and oxygen atoms in total. The van der Waals surface area contributed by atoms with E-state index in [-0.39, 0.29) is 17.8 Å². The average molecular weight is 304 g/mol. The number of esters is 1. The van der Waals surface area contributed by atoms with Gasteiger partial charge in [0.15, 0.2) is 0 Å². The zero-order valence-corrected chi connectivity index (χ0v) is 13.2. The zero-order valence-electron chi connectivity index (χ0n) is 13.2. The Hall–Kier alpha value is -2.61. The van der Waals surface area contributed by atoms with Crippen LogP contribution in [0, 0.1) is 5.92 Å².